The Kier molecular flexibility index (Phi) is 4.28. The van der Waals surface area contributed by atoms with Gasteiger partial charge in [0.25, 0.3) is 6.43 Å². The molecule has 0 atom stereocenters. The van der Waals surface area contributed by atoms with E-state index in [9.17, 15) is 18.0 Å². The maximum atomic E-state index is 13.3. The minimum absolute atomic E-state index is 0.0984. The fourth-order valence-corrected chi connectivity index (χ4v) is 1.74. The first-order valence-corrected chi connectivity index (χ1v) is 5.32. The van der Waals surface area contributed by atoms with E-state index in [1.807, 2.05) is 0 Å². The van der Waals surface area contributed by atoms with Crippen molar-refractivity contribution in [3.63, 3.8) is 0 Å². The van der Waals surface area contributed by atoms with E-state index in [1.54, 1.807) is 0 Å². The van der Waals surface area contributed by atoms with Crippen molar-refractivity contribution in [2.75, 3.05) is 0 Å². The smallest absolute Gasteiger partial charge is 0.309 e. The molecule has 1 rings (SSSR count). The average Bonchev–Trinajstić information content (AvgIpc) is 2.15. The van der Waals surface area contributed by atoms with Gasteiger partial charge in [-0.05, 0) is 6.07 Å². The second kappa shape index (κ2) is 5.29. The van der Waals surface area contributed by atoms with Crippen molar-refractivity contribution in [3.8, 4) is 0 Å². The molecule has 0 aromatic carbocycles. The summed E-state index contributed by atoms with van der Waals surface area (Å²) in [7, 11) is 0. The summed E-state index contributed by atoms with van der Waals surface area (Å²) in [5.74, 6) is -2.32. The quantitative estimate of drug-likeness (QED) is 0.687. The van der Waals surface area contributed by atoms with E-state index in [0.717, 1.165) is 6.07 Å². The number of carboxylic acid groups (broad SMARTS) is 1. The Hall–Kier alpha value is -1.11. The summed E-state index contributed by atoms with van der Waals surface area (Å²) in [4.78, 5) is 13.7. The van der Waals surface area contributed by atoms with E-state index in [4.69, 9.17) is 5.11 Å². The normalized spacial score (nSPS) is 10.8. The number of alkyl halides is 3. The van der Waals surface area contributed by atoms with Gasteiger partial charge in [-0.3, -0.25) is 4.79 Å². The highest BCUT2D eigenvalue weighted by Gasteiger charge is 2.19. The molecule has 0 unspecified atom stereocenters. The summed E-state index contributed by atoms with van der Waals surface area (Å²) in [5, 5.41) is 8.36. The van der Waals surface area contributed by atoms with Gasteiger partial charge in [-0.2, -0.15) is 4.39 Å². The molecule has 1 heterocycles. The molecule has 88 valence electrons. The molecule has 0 aliphatic rings. The topological polar surface area (TPSA) is 50.2 Å². The molecule has 7 heteroatoms. The van der Waals surface area contributed by atoms with Crippen LogP contribution in [0.3, 0.4) is 0 Å². The van der Waals surface area contributed by atoms with E-state index in [1.165, 1.54) is 0 Å². The van der Waals surface area contributed by atoms with E-state index in [2.05, 4.69) is 20.9 Å². The number of pyridine rings is 1. The number of halogens is 4. The van der Waals surface area contributed by atoms with Crippen LogP contribution >= 0.6 is 15.9 Å². The second-order valence-corrected chi connectivity index (χ2v) is 3.54. The molecule has 3 nitrogen and oxygen atoms in total. The Morgan fingerprint density at radius 3 is 2.62 bits per heavy atom. The predicted molar refractivity (Wildman–Crippen MR) is 53.1 cm³/mol. The van der Waals surface area contributed by atoms with Crippen molar-refractivity contribution in [2.45, 2.75) is 18.2 Å². The minimum Gasteiger partial charge on any atom is -0.481 e. The van der Waals surface area contributed by atoms with Crippen LogP contribution in [0.2, 0.25) is 0 Å². The monoisotopic (exact) mass is 297 g/mol. The standard InChI is InChI=1S/C9H7BrF3NO2/c10-3-6-5(8(11)12)1-4(2-7(15)16)14-9(6)13/h1,8H,2-3H2,(H,15,16). The Bertz CT molecular complexity index is 412. The zero-order valence-electron chi connectivity index (χ0n) is 7.88. The lowest BCUT2D eigenvalue weighted by molar-refractivity contribution is -0.136. The molecule has 0 spiro atoms. The van der Waals surface area contributed by atoms with E-state index >= 15 is 0 Å². The number of rotatable bonds is 4. The third-order valence-corrected chi connectivity index (χ3v) is 2.42. The van der Waals surface area contributed by atoms with E-state index in [-0.39, 0.29) is 16.6 Å². The zero-order chi connectivity index (χ0) is 12.3. The average molecular weight is 298 g/mol. The molecule has 0 radical (unpaired) electrons. The number of nitrogens with zero attached hydrogens (tertiary/aromatic N) is 1. The van der Waals surface area contributed by atoms with Gasteiger partial charge in [-0.1, -0.05) is 15.9 Å². The van der Waals surface area contributed by atoms with Crippen LogP contribution in [0.1, 0.15) is 23.2 Å². The predicted octanol–water partition coefficient (Wildman–Crippen LogP) is 2.68. The van der Waals surface area contributed by atoms with Crippen molar-refractivity contribution < 1.29 is 23.1 Å². The van der Waals surface area contributed by atoms with E-state index in [0.29, 0.717) is 0 Å². The number of hydrogen-bond donors (Lipinski definition) is 1. The number of carboxylic acids is 1. The molecule has 0 bridgehead atoms. The van der Waals surface area contributed by atoms with Gasteiger partial charge < -0.3 is 5.11 Å². The maximum absolute atomic E-state index is 13.3. The van der Waals surface area contributed by atoms with Crippen LogP contribution < -0.4 is 0 Å². The molecule has 0 aliphatic carbocycles. The summed E-state index contributed by atoms with van der Waals surface area (Å²) in [6, 6.07) is 0.915. The van der Waals surface area contributed by atoms with Crippen LogP contribution in [0.5, 0.6) is 0 Å². The van der Waals surface area contributed by atoms with Gasteiger partial charge >= 0.3 is 5.97 Å². The maximum Gasteiger partial charge on any atom is 0.309 e. The van der Waals surface area contributed by atoms with E-state index < -0.39 is 30.3 Å². The van der Waals surface area contributed by atoms with Gasteiger partial charge in [-0.25, -0.2) is 13.8 Å². The fraction of sp³-hybridized carbons (Fsp3) is 0.333. The van der Waals surface area contributed by atoms with Gasteiger partial charge in [0.2, 0.25) is 5.95 Å². The molecule has 0 saturated carbocycles. The molecule has 16 heavy (non-hydrogen) atoms. The van der Waals surface area contributed by atoms with Gasteiger partial charge in [0.15, 0.2) is 0 Å². The molecule has 0 aliphatic heterocycles. The highest BCUT2D eigenvalue weighted by molar-refractivity contribution is 9.08. The highest BCUT2D eigenvalue weighted by atomic mass is 79.9. The Balaban J connectivity index is 3.22. The zero-order valence-corrected chi connectivity index (χ0v) is 9.47. The lowest BCUT2D eigenvalue weighted by atomic mass is 10.1. The number of aromatic nitrogens is 1. The summed E-state index contributed by atoms with van der Waals surface area (Å²) < 4.78 is 38.4. The Morgan fingerprint density at radius 2 is 2.19 bits per heavy atom. The van der Waals surface area contributed by atoms with Gasteiger partial charge in [-0.15, -0.1) is 0 Å². The number of hydrogen-bond acceptors (Lipinski definition) is 2. The fourth-order valence-electron chi connectivity index (χ4n) is 1.18. The largest absolute Gasteiger partial charge is 0.481 e. The molecule has 1 N–H and O–H groups in total. The summed E-state index contributed by atoms with van der Waals surface area (Å²) in [5.41, 5.74) is -0.991. The van der Waals surface area contributed by atoms with Crippen LogP contribution in [0, 0.1) is 5.95 Å². The second-order valence-electron chi connectivity index (χ2n) is 2.98. The number of carbonyl (C=O) groups is 1. The van der Waals surface area contributed by atoms with Crippen molar-refractivity contribution in [1.82, 2.24) is 4.98 Å². The highest BCUT2D eigenvalue weighted by Crippen LogP contribution is 2.26. The first-order chi connectivity index (χ1) is 7.45. The summed E-state index contributed by atoms with van der Waals surface area (Å²) in [6.45, 7) is 0. The lowest BCUT2D eigenvalue weighted by Crippen LogP contribution is -2.08. The molecule has 0 saturated heterocycles. The molecule has 1 aromatic rings. The molecular formula is C9H7BrF3NO2. The molecule has 1 aromatic heterocycles. The van der Waals surface area contributed by atoms with Gasteiger partial charge in [0, 0.05) is 16.5 Å². The summed E-state index contributed by atoms with van der Waals surface area (Å²) in [6.07, 6.45) is -3.45. The molecule has 0 fully saturated rings. The van der Waals surface area contributed by atoms with Crippen LogP contribution in [0.15, 0.2) is 6.07 Å². The number of aliphatic carboxylic acids is 1. The molecular weight excluding hydrogens is 291 g/mol. The van der Waals surface area contributed by atoms with Crippen LogP contribution in [-0.4, -0.2) is 16.1 Å². The van der Waals surface area contributed by atoms with Crippen molar-refractivity contribution in [1.29, 1.82) is 0 Å². The van der Waals surface area contributed by atoms with Crippen molar-refractivity contribution in [3.05, 3.63) is 28.8 Å². The van der Waals surface area contributed by atoms with Crippen molar-refractivity contribution >= 4 is 21.9 Å². The Labute approximate surface area is 97.4 Å². The summed E-state index contributed by atoms with van der Waals surface area (Å²) >= 11 is 2.87. The van der Waals surface area contributed by atoms with Crippen LogP contribution in [-0.2, 0) is 16.5 Å². The first-order valence-electron chi connectivity index (χ1n) is 4.19. The lowest BCUT2D eigenvalue weighted by Gasteiger charge is -2.08. The third kappa shape index (κ3) is 2.94. The van der Waals surface area contributed by atoms with Crippen LogP contribution in [0.4, 0.5) is 13.2 Å². The first kappa shape index (κ1) is 13.0. The molecule has 0 amide bonds. The third-order valence-electron chi connectivity index (χ3n) is 1.86. The van der Waals surface area contributed by atoms with Crippen molar-refractivity contribution in [2.24, 2.45) is 0 Å². The SMILES string of the molecule is O=C(O)Cc1cc(C(F)F)c(CBr)c(F)n1. The minimum atomic E-state index is -2.86. The van der Waals surface area contributed by atoms with Gasteiger partial charge in [0.1, 0.15) is 0 Å². The van der Waals surface area contributed by atoms with Crippen LogP contribution in [0.25, 0.3) is 0 Å². The Morgan fingerprint density at radius 1 is 1.56 bits per heavy atom. The van der Waals surface area contributed by atoms with Gasteiger partial charge in [0.05, 0.1) is 12.1 Å².